The number of urea groups is 1. The molecule has 2 aromatic rings. The first-order valence-corrected chi connectivity index (χ1v) is 7.59. The van der Waals surface area contributed by atoms with Gasteiger partial charge in [0.05, 0.1) is 12.1 Å². The maximum absolute atomic E-state index is 12.5. The Morgan fingerprint density at radius 3 is 2.62 bits per heavy atom. The zero-order chi connectivity index (χ0) is 16.7. The van der Waals surface area contributed by atoms with Crippen molar-refractivity contribution in [1.29, 1.82) is 0 Å². The number of hydrogen-bond donors (Lipinski definition) is 3. The van der Waals surface area contributed by atoms with Crippen LogP contribution in [0.2, 0.25) is 0 Å². The van der Waals surface area contributed by atoms with Crippen LogP contribution in [0.3, 0.4) is 0 Å². The quantitative estimate of drug-likeness (QED) is 0.741. The van der Waals surface area contributed by atoms with Crippen molar-refractivity contribution in [1.82, 2.24) is 5.32 Å². The summed E-state index contributed by atoms with van der Waals surface area (Å²) in [7, 11) is 0. The average molecular weight is 321 g/mol. The molecule has 0 fully saturated rings. The van der Waals surface area contributed by atoms with Crippen molar-refractivity contribution in [2.75, 3.05) is 11.9 Å². The minimum atomic E-state index is -0.610. The Hall–Kier alpha value is -3.28. The Morgan fingerprint density at radius 1 is 1.12 bits per heavy atom. The van der Waals surface area contributed by atoms with Crippen molar-refractivity contribution >= 4 is 29.0 Å². The smallest absolute Gasteiger partial charge is 0.312 e. The van der Waals surface area contributed by atoms with Crippen molar-refractivity contribution in [3.05, 3.63) is 65.2 Å². The van der Waals surface area contributed by atoms with Gasteiger partial charge in [-0.25, -0.2) is 4.79 Å². The van der Waals surface area contributed by atoms with E-state index in [-0.39, 0.29) is 18.6 Å². The third-order valence-corrected chi connectivity index (χ3v) is 4.17. The average Bonchev–Trinajstić information content (AvgIpc) is 3.09. The van der Waals surface area contributed by atoms with E-state index in [0.717, 1.165) is 22.4 Å². The van der Waals surface area contributed by atoms with Crippen LogP contribution in [-0.2, 0) is 9.53 Å². The first-order chi connectivity index (χ1) is 11.6. The summed E-state index contributed by atoms with van der Waals surface area (Å²) in [5.74, 6) is 0.342. The fourth-order valence-electron chi connectivity index (χ4n) is 3.13. The Bertz CT molecular complexity index is 889. The number of rotatable bonds is 2. The zero-order valence-corrected chi connectivity index (χ0v) is 12.7. The molecule has 0 aromatic heterocycles. The van der Waals surface area contributed by atoms with Crippen molar-refractivity contribution < 1.29 is 14.3 Å². The lowest BCUT2D eigenvalue weighted by molar-refractivity contribution is -0.110. The number of fused-ring (bicyclic) bond motifs is 2. The lowest BCUT2D eigenvalue weighted by Gasteiger charge is -2.12. The van der Waals surface area contributed by atoms with Gasteiger partial charge in [-0.2, -0.15) is 0 Å². The van der Waals surface area contributed by atoms with Crippen LogP contribution in [0, 0.1) is 0 Å². The Kier molecular flexibility index (Phi) is 3.23. The van der Waals surface area contributed by atoms with Crippen LogP contribution in [0.15, 0.2) is 48.5 Å². The van der Waals surface area contributed by atoms with E-state index in [4.69, 9.17) is 10.5 Å². The van der Waals surface area contributed by atoms with E-state index >= 15 is 0 Å². The van der Waals surface area contributed by atoms with Crippen molar-refractivity contribution in [2.45, 2.75) is 6.10 Å². The number of nitrogens with two attached hydrogens (primary N) is 1. The van der Waals surface area contributed by atoms with Gasteiger partial charge in [0.15, 0.2) is 0 Å². The summed E-state index contributed by atoms with van der Waals surface area (Å²) < 4.78 is 6.04. The number of benzene rings is 2. The maximum atomic E-state index is 12.5. The number of nitrogens with one attached hydrogen (secondary N) is 2. The molecular formula is C18H15N3O3. The number of hydrogen-bond acceptors (Lipinski definition) is 3. The van der Waals surface area contributed by atoms with Crippen LogP contribution in [0.4, 0.5) is 10.5 Å². The predicted octanol–water partition coefficient (Wildman–Crippen LogP) is 2.25. The van der Waals surface area contributed by atoms with Crippen LogP contribution in [0.5, 0.6) is 0 Å². The molecule has 0 saturated heterocycles. The number of amides is 3. The SMILES string of the molecule is NC(=O)NCC1OC(=C2C(=O)Nc3ccccc32)c2ccccc21. The number of carbonyl (C=O) groups excluding carboxylic acids is 2. The van der Waals surface area contributed by atoms with Gasteiger partial charge in [0.25, 0.3) is 5.91 Å². The van der Waals surface area contributed by atoms with Crippen molar-refractivity contribution in [3.8, 4) is 0 Å². The van der Waals surface area contributed by atoms with E-state index in [9.17, 15) is 9.59 Å². The number of carbonyl (C=O) groups is 2. The summed E-state index contributed by atoms with van der Waals surface area (Å²) in [5, 5.41) is 5.41. The normalized spacial score (nSPS) is 20.8. The second-order valence-electron chi connectivity index (χ2n) is 5.64. The number of anilines is 1. The number of primary amides is 1. The minimum Gasteiger partial charge on any atom is -0.482 e. The molecule has 3 amide bonds. The Balaban J connectivity index is 1.82. The molecule has 2 aromatic carbocycles. The summed E-state index contributed by atoms with van der Waals surface area (Å²) >= 11 is 0. The monoisotopic (exact) mass is 321 g/mol. The minimum absolute atomic E-state index is 0.190. The molecule has 120 valence electrons. The van der Waals surface area contributed by atoms with Gasteiger partial charge in [0.1, 0.15) is 11.9 Å². The zero-order valence-electron chi connectivity index (χ0n) is 12.7. The van der Waals surface area contributed by atoms with Crippen LogP contribution in [0.25, 0.3) is 11.3 Å². The first-order valence-electron chi connectivity index (χ1n) is 7.59. The molecule has 0 aliphatic carbocycles. The van der Waals surface area contributed by atoms with E-state index in [2.05, 4.69) is 10.6 Å². The molecule has 4 N–H and O–H groups in total. The molecule has 4 rings (SSSR count). The molecular weight excluding hydrogens is 306 g/mol. The van der Waals surface area contributed by atoms with Crippen LogP contribution in [-0.4, -0.2) is 18.5 Å². The molecule has 0 bridgehead atoms. The van der Waals surface area contributed by atoms with Gasteiger partial charge >= 0.3 is 6.03 Å². The standard InChI is InChI=1S/C18H15N3O3/c19-18(23)20-9-14-10-5-1-2-6-11(10)16(24-14)15-12-7-3-4-8-13(12)21-17(15)22/h1-8,14H,9H2,(H,21,22)(H3,19,20,23). The Morgan fingerprint density at radius 2 is 1.83 bits per heavy atom. The van der Waals surface area contributed by atoms with Gasteiger partial charge in [-0.3, -0.25) is 4.79 Å². The van der Waals surface area contributed by atoms with Gasteiger partial charge in [-0.1, -0.05) is 42.5 Å². The number of ether oxygens (including phenoxy) is 1. The first kappa shape index (κ1) is 14.3. The van der Waals surface area contributed by atoms with Crippen molar-refractivity contribution in [2.24, 2.45) is 5.73 Å². The topological polar surface area (TPSA) is 93.5 Å². The highest BCUT2D eigenvalue weighted by Crippen LogP contribution is 2.45. The lowest BCUT2D eigenvalue weighted by atomic mass is 9.99. The molecule has 2 aliphatic heterocycles. The second kappa shape index (κ2) is 5.42. The molecule has 6 heteroatoms. The van der Waals surface area contributed by atoms with Gasteiger partial charge < -0.3 is 21.1 Å². The van der Waals surface area contributed by atoms with Crippen LogP contribution < -0.4 is 16.4 Å². The molecule has 6 nitrogen and oxygen atoms in total. The molecule has 1 unspecified atom stereocenters. The van der Waals surface area contributed by atoms with Gasteiger partial charge in [0, 0.05) is 22.4 Å². The predicted molar refractivity (Wildman–Crippen MR) is 89.7 cm³/mol. The second-order valence-corrected chi connectivity index (χ2v) is 5.64. The fraction of sp³-hybridized carbons (Fsp3) is 0.111. The fourth-order valence-corrected chi connectivity index (χ4v) is 3.13. The highest BCUT2D eigenvalue weighted by Gasteiger charge is 2.35. The van der Waals surface area contributed by atoms with E-state index in [1.54, 1.807) is 0 Å². The highest BCUT2D eigenvalue weighted by molar-refractivity contribution is 6.36. The molecule has 2 heterocycles. The summed E-state index contributed by atoms with van der Waals surface area (Å²) in [6.07, 6.45) is -0.378. The maximum Gasteiger partial charge on any atom is 0.312 e. The molecule has 0 saturated carbocycles. The third-order valence-electron chi connectivity index (χ3n) is 4.17. The highest BCUT2D eigenvalue weighted by atomic mass is 16.5. The summed E-state index contributed by atoms with van der Waals surface area (Å²) in [5.41, 5.74) is 9.03. The Labute approximate surface area is 138 Å². The van der Waals surface area contributed by atoms with E-state index < -0.39 is 6.03 Å². The van der Waals surface area contributed by atoms with Crippen molar-refractivity contribution in [3.63, 3.8) is 0 Å². The van der Waals surface area contributed by atoms with Gasteiger partial charge in [0.2, 0.25) is 0 Å². The van der Waals surface area contributed by atoms with Crippen LogP contribution >= 0.6 is 0 Å². The largest absolute Gasteiger partial charge is 0.482 e. The molecule has 1 atom stereocenters. The summed E-state index contributed by atoms with van der Waals surface area (Å²) in [4.78, 5) is 23.5. The lowest BCUT2D eigenvalue weighted by Crippen LogP contribution is -2.32. The molecule has 0 radical (unpaired) electrons. The van der Waals surface area contributed by atoms with Crippen LogP contribution in [0.1, 0.15) is 22.8 Å². The van der Waals surface area contributed by atoms with E-state index in [1.807, 2.05) is 48.5 Å². The summed E-state index contributed by atoms with van der Waals surface area (Å²) in [6, 6.07) is 14.5. The molecule has 24 heavy (non-hydrogen) atoms. The van der Waals surface area contributed by atoms with E-state index in [1.165, 1.54) is 0 Å². The van der Waals surface area contributed by atoms with Gasteiger partial charge in [-0.05, 0) is 6.07 Å². The summed E-state index contributed by atoms with van der Waals surface area (Å²) in [6.45, 7) is 0.242. The van der Waals surface area contributed by atoms with E-state index in [0.29, 0.717) is 11.3 Å². The number of para-hydroxylation sites is 1. The third kappa shape index (κ3) is 2.20. The van der Waals surface area contributed by atoms with Gasteiger partial charge in [-0.15, -0.1) is 0 Å². The molecule has 2 aliphatic rings. The molecule has 0 spiro atoms.